The lowest BCUT2D eigenvalue weighted by Gasteiger charge is -2.06. The van der Waals surface area contributed by atoms with Gasteiger partial charge in [-0.1, -0.05) is 64.7 Å². The third-order valence-corrected chi connectivity index (χ3v) is 3.15. The standard InChI is InChI=1S/C15H33NO/c1-3-4-5-6-7-8-9-10-11-12-13-16-14-15(2)17/h15-17H,3-14H2,1-2H3. The first-order chi connectivity index (χ1) is 8.27. The minimum Gasteiger partial charge on any atom is -0.392 e. The molecule has 0 aromatic carbocycles. The molecule has 0 bridgehead atoms. The van der Waals surface area contributed by atoms with Crippen LogP contribution in [0.2, 0.25) is 0 Å². The maximum Gasteiger partial charge on any atom is 0.0636 e. The van der Waals surface area contributed by atoms with Gasteiger partial charge in [-0.15, -0.1) is 0 Å². The predicted molar refractivity (Wildman–Crippen MR) is 76.4 cm³/mol. The summed E-state index contributed by atoms with van der Waals surface area (Å²) in [5, 5.41) is 12.3. The van der Waals surface area contributed by atoms with Crippen LogP contribution in [0.15, 0.2) is 0 Å². The van der Waals surface area contributed by atoms with Crippen molar-refractivity contribution in [1.82, 2.24) is 5.32 Å². The van der Waals surface area contributed by atoms with E-state index in [0.29, 0.717) is 0 Å². The van der Waals surface area contributed by atoms with Crippen LogP contribution in [0.25, 0.3) is 0 Å². The van der Waals surface area contributed by atoms with E-state index in [1.54, 1.807) is 0 Å². The first-order valence-corrected chi connectivity index (χ1v) is 7.66. The summed E-state index contributed by atoms with van der Waals surface area (Å²) in [6.07, 6.45) is 13.6. The molecule has 0 aliphatic carbocycles. The fraction of sp³-hybridized carbons (Fsp3) is 1.00. The molecule has 0 radical (unpaired) electrons. The lowest BCUT2D eigenvalue weighted by atomic mass is 10.1. The molecule has 104 valence electrons. The van der Waals surface area contributed by atoms with E-state index in [-0.39, 0.29) is 6.10 Å². The van der Waals surface area contributed by atoms with E-state index in [4.69, 9.17) is 5.11 Å². The van der Waals surface area contributed by atoms with Gasteiger partial charge in [-0.05, 0) is 19.9 Å². The second-order valence-electron chi connectivity index (χ2n) is 5.24. The molecular weight excluding hydrogens is 210 g/mol. The molecule has 0 saturated heterocycles. The molecular formula is C15H33NO. The van der Waals surface area contributed by atoms with Gasteiger partial charge in [0.1, 0.15) is 0 Å². The molecule has 0 saturated carbocycles. The molecule has 2 nitrogen and oxygen atoms in total. The topological polar surface area (TPSA) is 32.3 Å². The third kappa shape index (κ3) is 15.9. The van der Waals surface area contributed by atoms with Gasteiger partial charge in [-0.2, -0.15) is 0 Å². The SMILES string of the molecule is CCCCCCCCCCCCNCC(C)O. The van der Waals surface area contributed by atoms with E-state index in [2.05, 4.69) is 12.2 Å². The molecule has 2 heteroatoms. The van der Waals surface area contributed by atoms with Crippen LogP contribution in [0.4, 0.5) is 0 Å². The summed E-state index contributed by atoms with van der Waals surface area (Å²) < 4.78 is 0. The van der Waals surface area contributed by atoms with Crippen LogP contribution < -0.4 is 5.32 Å². The van der Waals surface area contributed by atoms with Crippen LogP contribution >= 0.6 is 0 Å². The molecule has 17 heavy (non-hydrogen) atoms. The molecule has 0 aromatic heterocycles. The van der Waals surface area contributed by atoms with Gasteiger partial charge in [0.25, 0.3) is 0 Å². The summed E-state index contributed by atoms with van der Waals surface area (Å²) in [5.74, 6) is 0. The molecule has 0 heterocycles. The molecule has 0 spiro atoms. The first kappa shape index (κ1) is 16.9. The van der Waals surface area contributed by atoms with E-state index in [9.17, 15) is 0 Å². The van der Waals surface area contributed by atoms with Gasteiger partial charge in [0.2, 0.25) is 0 Å². The average Bonchev–Trinajstić information content (AvgIpc) is 2.30. The lowest BCUT2D eigenvalue weighted by molar-refractivity contribution is 0.191. The van der Waals surface area contributed by atoms with E-state index in [1.165, 1.54) is 64.2 Å². The maximum absolute atomic E-state index is 9.05. The summed E-state index contributed by atoms with van der Waals surface area (Å²) in [7, 11) is 0. The highest BCUT2D eigenvalue weighted by Crippen LogP contribution is 2.10. The lowest BCUT2D eigenvalue weighted by Crippen LogP contribution is -2.25. The maximum atomic E-state index is 9.05. The van der Waals surface area contributed by atoms with E-state index >= 15 is 0 Å². The Kier molecular flexibility index (Phi) is 13.9. The Morgan fingerprint density at radius 1 is 0.824 bits per heavy atom. The Hall–Kier alpha value is -0.0800. The Morgan fingerprint density at radius 3 is 1.76 bits per heavy atom. The molecule has 0 rings (SSSR count). The number of unbranched alkanes of at least 4 members (excludes halogenated alkanes) is 9. The van der Waals surface area contributed by atoms with Gasteiger partial charge in [-0.25, -0.2) is 0 Å². The Bertz CT molecular complexity index is 137. The normalized spacial score (nSPS) is 12.9. The van der Waals surface area contributed by atoms with Crippen LogP contribution in [-0.4, -0.2) is 24.3 Å². The van der Waals surface area contributed by atoms with Crippen molar-refractivity contribution in [1.29, 1.82) is 0 Å². The molecule has 0 aliphatic heterocycles. The van der Waals surface area contributed by atoms with Crippen LogP contribution in [-0.2, 0) is 0 Å². The largest absolute Gasteiger partial charge is 0.392 e. The van der Waals surface area contributed by atoms with E-state index < -0.39 is 0 Å². The van der Waals surface area contributed by atoms with Crippen LogP contribution in [0.3, 0.4) is 0 Å². The zero-order chi connectivity index (χ0) is 12.8. The number of nitrogens with one attached hydrogen (secondary N) is 1. The summed E-state index contributed by atoms with van der Waals surface area (Å²) in [5.41, 5.74) is 0. The quantitative estimate of drug-likeness (QED) is 0.481. The monoisotopic (exact) mass is 243 g/mol. The van der Waals surface area contributed by atoms with Gasteiger partial charge < -0.3 is 10.4 Å². The summed E-state index contributed by atoms with van der Waals surface area (Å²) in [6, 6.07) is 0. The zero-order valence-corrected chi connectivity index (χ0v) is 12.0. The molecule has 0 aliphatic rings. The Balaban J connectivity index is 2.89. The van der Waals surface area contributed by atoms with Crippen molar-refractivity contribution in [3.05, 3.63) is 0 Å². The zero-order valence-electron chi connectivity index (χ0n) is 12.0. The van der Waals surface area contributed by atoms with Crippen molar-refractivity contribution in [3.63, 3.8) is 0 Å². The highest BCUT2D eigenvalue weighted by atomic mass is 16.3. The summed E-state index contributed by atoms with van der Waals surface area (Å²) >= 11 is 0. The fourth-order valence-corrected chi connectivity index (χ4v) is 2.05. The van der Waals surface area contributed by atoms with Gasteiger partial charge in [0.15, 0.2) is 0 Å². The van der Waals surface area contributed by atoms with Crippen molar-refractivity contribution in [2.24, 2.45) is 0 Å². The van der Waals surface area contributed by atoms with E-state index in [0.717, 1.165) is 13.1 Å². The van der Waals surface area contributed by atoms with Gasteiger partial charge in [-0.3, -0.25) is 0 Å². The van der Waals surface area contributed by atoms with Crippen molar-refractivity contribution < 1.29 is 5.11 Å². The van der Waals surface area contributed by atoms with Crippen LogP contribution in [0.5, 0.6) is 0 Å². The van der Waals surface area contributed by atoms with Crippen LogP contribution in [0, 0.1) is 0 Å². The second-order valence-corrected chi connectivity index (χ2v) is 5.24. The van der Waals surface area contributed by atoms with Gasteiger partial charge in [0.05, 0.1) is 6.10 Å². The number of aliphatic hydroxyl groups is 1. The predicted octanol–water partition coefficient (Wildman–Crippen LogP) is 3.88. The highest BCUT2D eigenvalue weighted by Gasteiger charge is 1.94. The van der Waals surface area contributed by atoms with Crippen molar-refractivity contribution in [2.45, 2.75) is 84.2 Å². The summed E-state index contributed by atoms with van der Waals surface area (Å²) in [6.45, 7) is 5.88. The Labute approximate surface area is 108 Å². The minimum absolute atomic E-state index is 0.210. The molecule has 1 unspecified atom stereocenters. The number of hydrogen-bond acceptors (Lipinski definition) is 2. The number of rotatable bonds is 13. The van der Waals surface area contributed by atoms with Crippen molar-refractivity contribution in [3.8, 4) is 0 Å². The van der Waals surface area contributed by atoms with E-state index in [1.807, 2.05) is 6.92 Å². The number of aliphatic hydroxyl groups excluding tert-OH is 1. The molecule has 0 aromatic rings. The van der Waals surface area contributed by atoms with Gasteiger partial charge in [0, 0.05) is 6.54 Å². The Morgan fingerprint density at radius 2 is 1.29 bits per heavy atom. The second kappa shape index (κ2) is 14.0. The third-order valence-electron chi connectivity index (χ3n) is 3.15. The number of hydrogen-bond donors (Lipinski definition) is 2. The molecule has 1 atom stereocenters. The smallest absolute Gasteiger partial charge is 0.0636 e. The van der Waals surface area contributed by atoms with Gasteiger partial charge >= 0.3 is 0 Å². The highest BCUT2D eigenvalue weighted by molar-refractivity contribution is 4.53. The average molecular weight is 243 g/mol. The van der Waals surface area contributed by atoms with Crippen molar-refractivity contribution in [2.75, 3.05) is 13.1 Å². The fourth-order valence-electron chi connectivity index (χ4n) is 2.05. The molecule has 0 fully saturated rings. The first-order valence-electron chi connectivity index (χ1n) is 7.66. The van der Waals surface area contributed by atoms with Crippen LogP contribution in [0.1, 0.15) is 78.1 Å². The summed E-state index contributed by atoms with van der Waals surface area (Å²) in [4.78, 5) is 0. The molecule has 0 amide bonds. The minimum atomic E-state index is -0.210. The van der Waals surface area contributed by atoms with Crippen molar-refractivity contribution >= 4 is 0 Å². The molecule has 2 N–H and O–H groups in total.